The van der Waals surface area contributed by atoms with Gasteiger partial charge in [-0.2, -0.15) is 0 Å². The molecular formula is C23H24ClN3O. The normalized spacial score (nSPS) is 17.5. The second-order valence-corrected chi connectivity index (χ2v) is 8.49. The molecule has 3 heterocycles. The third-order valence-electron chi connectivity index (χ3n) is 4.83. The molecule has 144 valence electrons. The van der Waals surface area contributed by atoms with Gasteiger partial charge in [0.2, 0.25) is 0 Å². The van der Waals surface area contributed by atoms with Gasteiger partial charge in [-0.15, -0.1) is 0 Å². The molecule has 1 atom stereocenters. The van der Waals surface area contributed by atoms with Crippen LogP contribution in [0.25, 0.3) is 16.6 Å². The minimum absolute atomic E-state index is 0.302. The van der Waals surface area contributed by atoms with Gasteiger partial charge in [-0.25, -0.2) is 4.98 Å². The Morgan fingerprint density at radius 2 is 1.96 bits per heavy atom. The zero-order valence-electron chi connectivity index (χ0n) is 16.6. The van der Waals surface area contributed by atoms with Crippen molar-refractivity contribution in [3.63, 3.8) is 0 Å². The lowest BCUT2D eigenvalue weighted by Crippen LogP contribution is -2.28. The van der Waals surface area contributed by atoms with Gasteiger partial charge in [0.25, 0.3) is 0 Å². The summed E-state index contributed by atoms with van der Waals surface area (Å²) < 4.78 is 6.22. The lowest BCUT2D eigenvalue weighted by Gasteiger charge is -2.28. The maximum atomic E-state index is 6.38. The second kappa shape index (κ2) is 7.19. The van der Waals surface area contributed by atoms with Gasteiger partial charge in [0.05, 0.1) is 11.3 Å². The molecule has 0 radical (unpaired) electrons. The van der Waals surface area contributed by atoms with E-state index in [2.05, 4.69) is 28.2 Å². The van der Waals surface area contributed by atoms with E-state index in [1.807, 2.05) is 52.1 Å². The molecule has 4 rings (SSSR count). The average molecular weight is 394 g/mol. The molecule has 0 saturated carbocycles. The molecule has 1 unspecified atom stereocenters. The highest BCUT2D eigenvalue weighted by Crippen LogP contribution is 2.33. The monoisotopic (exact) mass is 393 g/mol. The number of benzene rings is 1. The van der Waals surface area contributed by atoms with Crippen LogP contribution < -0.4 is 0 Å². The summed E-state index contributed by atoms with van der Waals surface area (Å²) in [5.41, 5.74) is 6.00. The SMILES string of the molecule is Cc1c(Cl)cccc1C1=NC(OC(C)(C)C)C=C(c2c[nH]c3ncccc23)C1. The van der Waals surface area contributed by atoms with Crippen molar-refractivity contribution >= 4 is 33.9 Å². The van der Waals surface area contributed by atoms with E-state index < -0.39 is 0 Å². The van der Waals surface area contributed by atoms with E-state index in [-0.39, 0.29) is 11.8 Å². The van der Waals surface area contributed by atoms with Crippen LogP contribution in [0.2, 0.25) is 5.02 Å². The van der Waals surface area contributed by atoms with Crippen LogP contribution in [0.4, 0.5) is 0 Å². The number of allylic oxidation sites excluding steroid dienone is 1. The maximum absolute atomic E-state index is 6.38. The molecular weight excluding hydrogens is 370 g/mol. The van der Waals surface area contributed by atoms with Crippen molar-refractivity contribution in [3.8, 4) is 0 Å². The van der Waals surface area contributed by atoms with Crippen molar-refractivity contribution in [1.82, 2.24) is 9.97 Å². The van der Waals surface area contributed by atoms with E-state index in [0.717, 1.165) is 38.5 Å². The molecule has 1 N–H and O–H groups in total. The summed E-state index contributed by atoms with van der Waals surface area (Å²) in [5.74, 6) is 0. The summed E-state index contributed by atoms with van der Waals surface area (Å²) in [6.45, 7) is 8.17. The molecule has 4 nitrogen and oxygen atoms in total. The number of rotatable bonds is 3. The van der Waals surface area contributed by atoms with Crippen molar-refractivity contribution in [3.05, 3.63) is 70.5 Å². The summed E-state index contributed by atoms with van der Waals surface area (Å²) in [7, 11) is 0. The van der Waals surface area contributed by atoms with E-state index in [1.165, 1.54) is 5.57 Å². The van der Waals surface area contributed by atoms with Gasteiger partial charge in [-0.05, 0) is 63.1 Å². The molecule has 1 aliphatic heterocycles. The molecule has 1 aliphatic rings. The number of fused-ring (bicyclic) bond motifs is 1. The maximum Gasteiger partial charge on any atom is 0.168 e. The largest absolute Gasteiger partial charge is 0.347 e. The van der Waals surface area contributed by atoms with Crippen LogP contribution in [0.3, 0.4) is 0 Å². The first kappa shape index (κ1) is 18.9. The molecule has 0 amide bonds. The second-order valence-electron chi connectivity index (χ2n) is 8.08. The van der Waals surface area contributed by atoms with Gasteiger partial charge in [-0.1, -0.05) is 23.7 Å². The summed E-state index contributed by atoms with van der Waals surface area (Å²) in [4.78, 5) is 12.6. The van der Waals surface area contributed by atoms with E-state index in [0.29, 0.717) is 6.42 Å². The molecule has 0 bridgehead atoms. The Bertz CT molecular complexity index is 1090. The number of halogens is 1. The van der Waals surface area contributed by atoms with Gasteiger partial charge < -0.3 is 9.72 Å². The molecule has 0 aliphatic carbocycles. The van der Waals surface area contributed by atoms with Gasteiger partial charge in [0.15, 0.2) is 6.23 Å². The minimum atomic E-state index is -0.348. The van der Waals surface area contributed by atoms with E-state index in [9.17, 15) is 0 Å². The predicted octanol–water partition coefficient (Wildman–Crippen LogP) is 5.94. The van der Waals surface area contributed by atoms with Crippen molar-refractivity contribution in [2.45, 2.75) is 45.9 Å². The number of hydrogen-bond donors (Lipinski definition) is 1. The van der Waals surface area contributed by atoms with E-state index in [4.69, 9.17) is 21.3 Å². The quantitative estimate of drug-likeness (QED) is 0.598. The number of aromatic amines is 1. The summed E-state index contributed by atoms with van der Waals surface area (Å²) in [6, 6.07) is 10.0. The lowest BCUT2D eigenvalue weighted by atomic mass is 9.92. The smallest absolute Gasteiger partial charge is 0.168 e. The summed E-state index contributed by atoms with van der Waals surface area (Å²) in [6.07, 6.45) is 6.30. The third kappa shape index (κ3) is 3.75. The first-order chi connectivity index (χ1) is 13.3. The van der Waals surface area contributed by atoms with Gasteiger partial charge in [0, 0.05) is 40.4 Å². The Kier molecular flexibility index (Phi) is 4.86. The zero-order valence-corrected chi connectivity index (χ0v) is 17.3. The van der Waals surface area contributed by atoms with Crippen LogP contribution in [-0.2, 0) is 4.74 Å². The van der Waals surface area contributed by atoms with Crippen molar-refractivity contribution in [2.24, 2.45) is 4.99 Å². The molecule has 3 aromatic rings. The number of aliphatic imine (C=N–C) groups is 1. The molecule has 5 heteroatoms. The molecule has 0 spiro atoms. The average Bonchev–Trinajstić information content (AvgIpc) is 3.06. The molecule has 1 aromatic carbocycles. The van der Waals surface area contributed by atoms with Gasteiger partial charge in [0.1, 0.15) is 5.65 Å². The fourth-order valence-electron chi connectivity index (χ4n) is 3.56. The van der Waals surface area contributed by atoms with Crippen LogP contribution in [0.1, 0.15) is 43.9 Å². The number of nitrogens with zero attached hydrogens (tertiary/aromatic N) is 2. The predicted molar refractivity (Wildman–Crippen MR) is 116 cm³/mol. The number of nitrogens with one attached hydrogen (secondary N) is 1. The number of pyridine rings is 1. The molecule has 0 saturated heterocycles. The Labute approximate surface area is 170 Å². The highest BCUT2D eigenvalue weighted by Gasteiger charge is 2.25. The number of aromatic nitrogens is 2. The first-order valence-electron chi connectivity index (χ1n) is 9.45. The van der Waals surface area contributed by atoms with E-state index in [1.54, 1.807) is 6.20 Å². The number of hydrogen-bond acceptors (Lipinski definition) is 3. The number of dihydropyridines is 1. The summed E-state index contributed by atoms with van der Waals surface area (Å²) in [5, 5.41) is 1.85. The van der Waals surface area contributed by atoms with Crippen molar-refractivity contribution in [2.75, 3.05) is 0 Å². The van der Waals surface area contributed by atoms with Crippen molar-refractivity contribution in [1.29, 1.82) is 0 Å². The number of H-pyrrole nitrogens is 1. The minimum Gasteiger partial charge on any atom is -0.347 e. The standard InChI is InChI=1S/C23H24ClN3O/c1-14-16(7-5-9-19(14)24)20-11-15(12-21(27-20)28-23(2,3)4)18-13-26-22-17(18)8-6-10-25-22/h5-10,12-13,21H,11H2,1-4H3,(H,25,26). The van der Waals surface area contributed by atoms with Gasteiger partial charge in [-0.3, -0.25) is 4.99 Å². The number of ether oxygens (including phenoxy) is 1. The third-order valence-corrected chi connectivity index (χ3v) is 5.24. The zero-order chi connectivity index (χ0) is 19.9. The van der Waals surface area contributed by atoms with Crippen LogP contribution in [0.15, 0.2) is 53.8 Å². The Morgan fingerprint density at radius 3 is 2.75 bits per heavy atom. The summed E-state index contributed by atoms with van der Waals surface area (Å²) >= 11 is 6.38. The fraction of sp³-hybridized carbons (Fsp3) is 0.304. The van der Waals surface area contributed by atoms with Crippen LogP contribution in [0, 0.1) is 6.92 Å². The van der Waals surface area contributed by atoms with Crippen LogP contribution >= 0.6 is 11.6 Å². The first-order valence-corrected chi connectivity index (χ1v) is 9.83. The lowest BCUT2D eigenvalue weighted by molar-refractivity contribution is -0.0340. The molecule has 2 aromatic heterocycles. The Balaban J connectivity index is 1.80. The van der Waals surface area contributed by atoms with Gasteiger partial charge >= 0.3 is 0 Å². The van der Waals surface area contributed by atoms with E-state index >= 15 is 0 Å². The topological polar surface area (TPSA) is 50.3 Å². The Hall–Kier alpha value is -2.43. The van der Waals surface area contributed by atoms with Crippen LogP contribution in [0.5, 0.6) is 0 Å². The van der Waals surface area contributed by atoms with Crippen LogP contribution in [-0.4, -0.2) is 27.5 Å². The van der Waals surface area contributed by atoms with Crippen molar-refractivity contribution < 1.29 is 4.74 Å². The Morgan fingerprint density at radius 1 is 1.14 bits per heavy atom. The highest BCUT2D eigenvalue weighted by molar-refractivity contribution is 6.32. The fourth-order valence-corrected chi connectivity index (χ4v) is 3.74. The molecule has 28 heavy (non-hydrogen) atoms. The molecule has 0 fully saturated rings. The highest BCUT2D eigenvalue weighted by atomic mass is 35.5.